The zero-order valence-corrected chi connectivity index (χ0v) is 13.7. The second-order valence-electron chi connectivity index (χ2n) is 6.18. The summed E-state index contributed by atoms with van der Waals surface area (Å²) >= 11 is 0. The van der Waals surface area contributed by atoms with Gasteiger partial charge in [-0.2, -0.15) is 0 Å². The molecule has 1 saturated heterocycles. The number of nitrogens with one attached hydrogen (secondary N) is 1. The number of hydrogen-bond donors (Lipinski definition) is 1. The fourth-order valence-electron chi connectivity index (χ4n) is 3.21. The summed E-state index contributed by atoms with van der Waals surface area (Å²) in [7, 11) is 0. The van der Waals surface area contributed by atoms with Gasteiger partial charge in [0.05, 0.1) is 17.2 Å². The summed E-state index contributed by atoms with van der Waals surface area (Å²) in [6, 6.07) is 10.9. The summed E-state index contributed by atoms with van der Waals surface area (Å²) in [5.74, 6) is 0.994. The van der Waals surface area contributed by atoms with Crippen LogP contribution in [0.2, 0.25) is 0 Å². The molecule has 1 aromatic heterocycles. The number of benzene rings is 1. The van der Waals surface area contributed by atoms with Crippen molar-refractivity contribution < 1.29 is 9.34 Å². The highest BCUT2D eigenvalue weighted by atomic mass is 16.6. The van der Waals surface area contributed by atoms with E-state index < -0.39 is 0 Å². The van der Waals surface area contributed by atoms with Gasteiger partial charge in [-0.3, -0.25) is 15.0 Å². The average molecular weight is 329 g/mol. The van der Waals surface area contributed by atoms with Crippen molar-refractivity contribution in [2.75, 3.05) is 19.6 Å². The lowest BCUT2D eigenvalue weighted by Crippen LogP contribution is -2.38. The standard InChI is InChI=1S/C18H23N3O3/c22-21(23)16-8-6-15(7-9-16)13-19-14-17(18-5-4-12-24-18)20-10-2-1-3-11-20/h4-9,12,17,19H,1-3,10-11,13-14H2. The number of nitrogens with zero attached hydrogens (tertiary/aromatic N) is 2. The van der Waals surface area contributed by atoms with Gasteiger partial charge in [0.25, 0.3) is 5.69 Å². The maximum absolute atomic E-state index is 10.7. The first-order valence-electron chi connectivity index (χ1n) is 8.45. The van der Waals surface area contributed by atoms with Crippen molar-refractivity contribution in [2.45, 2.75) is 31.8 Å². The van der Waals surface area contributed by atoms with E-state index in [1.807, 2.05) is 12.1 Å². The number of piperidine rings is 1. The Morgan fingerprint density at radius 1 is 1.17 bits per heavy atom. The Kier molecular flexibility index (Phi) is 5.61. The Morgan fingerprint density at radius 2 is 1.92 bits per heavy atom. The van der Waals surface area contributed by atoms with Gasteiger partial charge < -0.3 is 9.73 Å². The van der Waals surface area contributed by atoms with E-state index in [0.717, 1.165) is 31.0 Å². The molecule has 24 heavy (non-hydrogen) atoms. The highest BCUT2D eigenvalue weighted by molar-refractivity contribution is 5.32. The van der Waals surface area contributed by atoms with E-state index in [4.69, 9.17) is 4.42 Å². The van der Waals surface area contributed by atoms with Crippen molar-refractivity contribution in [1.82, 2.24) is 10.2 Å². The molecular weight excluding hydrogens is 306 g/mol. The molecule has 2 heterocycles. The first-order chi connectivity index (χ1) is 11.7. The van der Waals surface area contributed by atoms with Crippen LogP contribution in [0.1, 0.15) is 36.6 Å². The van der Waals surface area contributed by atoms with Crippen molar-refractivity contribution in [3.8, 4) is 0 Å². The average Bonchev–Trinajstić information content (AvgIpc) is 3.14. The zero-order chi connectivity index (χ0) is 16.8. The topological polar surface area (TPSA) is 71.5 Å². The maximum Gasteiger partial charge on any atom is 0.269 e. The number of nitro groups is 1. The molecule has 0 bridgehead atoms. The Bertz CT molecular complexity index is 634. The molecule has 1 N–H and O–H groups in total. The number of likely N-dealkylation sites (tertiary alicyclic amines) is 1. The van der Waals surface area contributed by atoms with Gasteiger partial charge in [0.2, 0.25) is 0 Å². The highest BCUT2D eigenvalue weighted by Gasteiger charge is 2.23. The van der Waals surface area contributed by atoms with Gasteiger partial charge in [-0.25, -0.2) is 0 Å². The third-order valence-corrected chi connectivity index (χ3v) is 4.52. The van der Waals surface area contributed by atoms with Crippen LogP contribution in [-0.2, 0) is 6.54 Å². The predicted octanol–water partition coefficient (Wildman–Crippen LogP) is 3.50. The molecule has 1 unspecified atom stereocenters. The van der Waals surface area contributed by atoms with Gasteiger partial charge in [0.15, 0.2) is 0 Å². The summed E-state index contributed by atoms with van der Waals surface area (Å²) in [5, 5.41) is 14.2. The van der Waals surface area contributed by atoms with Crippen molar-refractivity contribution in [2.24, 2.45) is 0 Å². The zero-order valence-electron chi connectivity index (χ0n) is 13.7. The van der Waals surface area contributed by atoms with E-state index in [-0.39, 0.29) is 16.7 Å². The normalized spacial score (nSPS) is 16.8. The van der Waals surface area contributed by atoms with Crippen molar-refractivity contribution in [3.63, 3.8) is 0 Å². The van der Waals surface area contributed by atoms with Crippen LogP contribution in [0.25, 0.3) is 0 Å². The molecule has 0 aliphatic carbocycles. The Balaban J connectivity index is 1.58. The minimum atomic E-state index is -0.375. The summed E-state index contributed by atoms with van der Waals surface area (Å²) < 4.78 is 5.64. The third kappa shape index (κ3) is 4.21. The predicted molar refractivity (Wildman–Crippen MR) is 91.7 cm³/mol. The van der Waals surface area contributed by atoms with Crippen LogP contribution in [0.3, 0.4) is 0 Å². The van der Waals surface area contributed by atoms with Gasteiger partial charge >= 0.3 is 0 Å². The van der Waals surface area contributed by atoms with Gasteiger partial charge in [0.1, 0.15) is 5.76 Å². The Labute approximate surface area is 141 Å². The van der Waals surface area contributed by atoms with Gasteiger partial charge in [-0.15, -0.1) is 0 Å². The summed E-state index contributed by atoms with van der Waals surface area (Å²) in [5.41, 5.74) is 1.16. The van der Waals surface area contributed by atoms with Crippen LogP contribution in [0.5, 0.6) is 0 Å². The summed E-state index contributed by atoms with van der Waals surface area (Å²) in [4.78, 5) is 12.8. The van der Waals surface area contributed by atoms with E-state index in [9.17, 15) is 10.1 Å². The van der Waals surface area contributed by atoms with E-state index in [2.05, 4.69) is 10.2 Å². The van der Waals surface area contributed by atoms with Crippen LogP contribution in [0.15, 0.2) is 47.1 Å². The lowest BCUT2D eigenvalue weighted by Gasteiger charge is -2.33. The van der Waals surface area contributed by atoms with Gasteiger partial charge in [0, 0.05) is 25.2 Å². The highest BCUT2D eigenvalue weighted by Crippen LogP contribution is 2.24. The fraction of sp³-hybridized carbons (Fsp3) is 0.444. The molecule has 6 nitrogen and oxygen atoms in total. The molecule has 0 saturated carbocycles. The SMILES string of the molecule is O=[N+]([O-])c1ccc(CNCC(c2ccco2)N2CCCCC2)cc1. The van der Waals surface area contributed by atoms with Gasteiger partial charge in [-0.05, 0) is 43.6 Å². The van der Waals surface area contributed by atoms with Crippen LogP contribution < -0.4 is 5.32 Å². The van der Waals surface area contributed by atoms with Crippen LogP contribution in [-0.4, -0.2) is 29.5 Å². The third-order valence-electron chi connectivity index (χ3n) is 4.52. The van der Waals surface area contributed by atoms with E-state index >= 15 is 0 Å². The first kappa shape index (κ1) is 16.7. The van der Waals surface area contributed by atoms with Gasteiger partial charge in [-0.1, -0.05) is 18.6 Å². The molecule has 1 atom stereocenters. The molecule has 1 aliphatic heterocycles. The lowest BCUT2D eigenvalue weighted by molar-refractivity contribution is -0.384. The van der Waals surface area contributed by atoms with Crippen LogP contribution >= 0.6 is 0 Å². The molecule has 0 spiro atoms. The second kappa shape index (κ2) is 8.08. The van der Waals surface area contributed by atoms with Crippen LogP contribution in [0.4, 0.5) is 5.69 Å². The number of furan rings is 1. The minimum Gasteiger partial charge on any atom is -0.468 e. The molecular formula is C18H23N3O3. The number of nitro benzene ring substituents is 1. The quantitative estimate of drug-likeness (QED) is 0.622. The number of non-ortho nitro benzene ring substituents is 1. The molecule has 2 aromatic rings. The Hall–Kier alpha value is -2.18. The molecule has 0 amide bonds. The fourth-order valence-corrected chi connectivity index (χ4v) is 3.21. The van der Waals surface area contributed by atoms with Crippen molar-refractivity contribution in [1.29, 1.82) is 0 Å². The van der Waals surface area contributed by atoms with Crippen LogP contribution in [0, 0.1) is 10.1 Å². The van der Waals surface area contributed by atoms with Crippen molar-refractivity contribution >= 4 is 5.69 Å². The number of rotatable bonds is 7. The summed E-state index contributed by atoms with van der Waals surface area (Å²) in [6.07, 6.45) is 5.50. The lowest BCUT2D eigenvalue weighted by atomic mass is 10.1. The van der Waals surface area contributed by atoms with Crippen molar-refractivity contribution in [3.05, 3.63) is 64.1 Å². The maximum atomic E-state index is 10.7. The molecule has 1 aliphatic rings. The monoisotopic (exact) mass is 329 g/mol. The van der Waals surface area contributed by atoms with E-state index in [0.29, 0.717) is 6.54 Å². The van der Waals surface area contributed by atoms with E-state index in [1.165, 1.54) is 19.3 Å². The molecule has 3 rings (SSSR count). The second-order valence-corrected chi connectivity index (χ2v) is 6.18. The molecule has 0 radical (unpaired) electrons. The molecule has 1 aromatic carbocycles. The molecule has 128 valence electrons. The number of hydrogen-bond acceptors (Lipinski definition) is 5. The minimum absolute atomic E-state index is 0.125. The Morgan fingerprint density at radius 3 is 2.54 bits per heavy atom. The van der Waals surface area contributed by atoms with E-state index in [1.54, 1.807) is 30.5 Å². The smallest absolute Gasteiger partial charge is 0.269 e. The largest absolute Gasteiger partial charge is 0.468 e. The molecule has 1 fully saturated rings. The first-order valence-corrected chi connectivity index (χ1v) is 8.45. The molecule has 6 heteroatoms. The summed E-state index contributed by atoms with van der Waals surface area (Å²) in [6.45, 7) is 3.68.